The highest BCUT2D eigenvalue weighted by Crippen LogP contribution is 2.18. The van der Waals surface area contributed by atoms with E-state index in [1.807, 2.05) is 6.92 Å². The molecule has 0 aromatic carbocycles. The molecule has 0 bridgehead atoms. The summed E-state index contributed by atoms with van der Waals surface area (Å²) in [5, 5.41) is 2.51. The van der Waals surface area contributed by atoms with E-state index >= 15 is 0 Å². The molecule has 0 saturated heterocycles. The van der Waals surface area contributed by atoms with E-state index in [0.717, 1.165) is 32.1 Å². The van der Waals surface area contributed by atoms with Crippen molar-refractivity contribution in [2.75, 3.05) is 119 Å². The maximum Gasteiger partial charge on any atom is 0.407 e. The zero-order chi connectivity index (χ0) is 105. The molecule has 0 saturated carbocycles. The first-order chi connectivity index (χ1) is 70.1. The molecular formula is C109H187NO34. The van der Waals surface area contributed by atoms with Gasteiger partial charge in [-0.2, -0.15) is 0 Å². The molecule has 0 heterocycles. The Hall–Kier alpha value is -9.21. The third-order valence-corrected chi connectivity index (χ3v) is 23.1. The minimum Gasteiger partial charge on any atom is -0.466 e. The summed E-state index contributed by atoms with van der Waals surface area (Å²) in [6.45, 7) is 8.96. The van der Waals surface area contributed by atoms with Crippen LogP contribution in [0.5, 0.6) is 0 Å². The fourth-order valence-corrected chi connectivity index (χ4v) is 14.5. The number of carbonyl (C=O) groups is 17. The molecule has 0 aromatic heterocycles. The summed E-state index contributed by atoms with van der Waals surface area (Å²) in [7, 11) is 0. The molecule has 0 aliphatic carbocycles. The van der Waals surface area contributed by atoms with Gasteiger partial charge in [-0.1, -0.05) is 71.6 Å². The van der Waals surface area contributed by atoms with Crippen molar-refractivity contribution in [2.45, 2.75) is 476 Å². The Kier molecular flexibility index (Phi) is 98.4. The van der Waals surface area contributed by atoms with Gasteiger partial charge < -0.3 is 85.8 Å². The Morgan fingerprint density at radius 2 is 0.229 bits per heavy atom. The number of esters is 16. The minimum absolute atomic E-state index is 0.0888. The average Bonchev–Trinajstić information content (AvgIpc) is 1.03. The molecule has 1 amide bonds. The Balaban J connectivity index is 3.54. The maximum atomic E-state index is 12.2. The van der Waals surface area contributed by atoms with Crippen molar-refractivity contribution in [2.24, 2.45) is 0 Å². The van der Waals surface area contributed by atoms with E-state index in [1.54, 1.807) is 0 Å². The lowest BCUT2D eigenvalue weighted by Gasteiger charge is -2.08. The Bertz CT molecular complexity index is 3160. The van der Waals surface area contributed by atoms with E-state index < -0.39 is 6.09 Å². The van der Waals surface area contributed by atoms with Crippen molar-refractivity contribution in [1.82, 2.24) is 5.32 Å². The fraction of sp³-hybridized carbons (Fsp3) is 0.844. The highest BCUT2D eigenvalue weighted by atomic mass is 16.6. The van der Waals surface area contributed by atoms with Gasteiger partial charge in [0.25, 0.3) is 0 Å². The third kappa shape index (κ3) is 104. The van der Waals surface area contributed by atoms with Crippen LogP contribution in [0.1, 0.15) is 476 Å². The van der Waals surface area contributed by atoms with E-state index in [9.17, 15) is 81.5 Å². The zero-order valence-electron chi connectivity index (χ0n) is 88.5. The fourth-order valence-electron chi connectivity index (χ4n) is 14.5. The van der Waals surface area contributed by atoms with Gasteiger partial charge in [0, 0.05) is 103 Å². The van der Waals surface area contributed by atoms with E-state index in [2.05, 4.69) is 12.2 Å². The second-order valence-corrected chi connectivity index (χ2v) is 36.7. The number of amides is 1. The number of alkyl carbamates (subject to hydrolysis) is 1. The average molecular weight is 2060 g/mol. The number of hydrogen-bond acceptors (Lipinski definition) is 34. The van der Waals surface area contributed by atoms with Gasteiger partial charge in [-0.05, 0) is 302 Å². The monoisotopic (exact) mass is 2050 g/mol. The van der Waals surface area contributed by atoms with Crippen LogP contribution in [0.4, 0.5) is 4.79 Å². The van der Waals surface area contributed by atoms with Crippen molar-refractivity contribution in [3.05, 3.63) is 0 Å². The summed E-state index contributed by atoms with van der Waals surface area (Å²) in [6, 6.07) is 0. The molecule has 0 atom stereocenters. The Morgan fingerprint density at radius 3 is 0.368 bits per heavy atom. The van der Waals surface area contributed by atoms with Gasteiger partial charge in [-0.25, -0.2) is 4.79 Å². The zero-order valence-corrected chi connectivity index (χ0v) is 88.5. The molecule has 0 aliphatic heterocycles. The van der Waals surface area contributed by atoms with Crippen LogP contribution in [0.3, 0.4) is 0 Å². The summed E-state index contributed by atoms with van der Waals surface area (Å²) in [4.78, 5) is 205. The molecule has 832 valence electrons. The van der Waals surface area contributed by atoms with E-state index in [4.69, 9.17) is 80.5 Å². The highest BCUT2D eigenvalue weighted by Gasteiger charge is 2.17. The molecule has 0 aromatic rings. The van der Waals surface area contributed by atoms with Crippen molar-refractivity contribution in [1.29, 1.82) is 0 Å². The number of rotatable bonds is 106. The number of hydrogen-bond donors (Lipinski definition) is 1. The van der Waals surface area contributed by atoms with E-state index in [0.29, 0.717) is 315 Å². The first kappa shape index (κ1) is 135. The molecule has 0 unspecified atom stereocenters. The third-order valence-electron chi connectivity index (χ3n) is 23.1. The molecule has 35 heteroatoms. The predicted octanol–water partition coefficient (Wildman–Crippen LogP) is 21.5. The molecule has 0 spiro atoms. The Morgan fingerprint density at radius 1 is 0.118 bits per heavy atom. The molecule has 144 heavy (non-hydrogen) atoms. The molecule has 35 nitrogen and oxygen atoms in total. The lowest BCUT2D eigenvalue weighted by atomic mass is 10.1. The van der Waals surface area contributed by atoms with Gasteiger partial charge in [0.1, 0.15) is 6.61 Å². The van der Waals surface area contributed by atoms with E-state index in [1.165, 1.54) is 51.4 Å². The number of ether oxygens (including phenoxy) is 17. The van der Waals surface area contributed by atoms with Crippen LogP contribution in [0.25, 0.3) is 0 Å². The van der Waals surface area contributed by atoms with Gasteiger partial charge in [0.2, 0.25) is 0 Å². The van der Waals surface area contributed by atoms with Crippen LogP contribution >= 0.6 is 0 Å². The number of carbonyl (C=O) groups excluding carboxylic acids is 17. The lowest BCUT2D eigenvalue weighted by Crippen LogP contribution is -2.28. The standard InChI is InChI=1S/C109H187NO34/c1-3-5-6-7-8-9-10-11-12-43-76-128-94(112)60-28-13-44-77-129-95(113)61-29-14-45-78-130-96(114)62-30-15-46-79-131-97(115)63-31-16-47-80-132-98(116)64-32-17-48-81-133-99(117)65-33-18-49-82-134-100(118)66-34-19-50-83-135-101(119)67-35-20-51-84-136-102(120)68-36-21-52-85-137-103(121)69-37-22-53-86-138-104(122)70-38-23-54-87-139-105(123)71-39-24-55-88-140-106(124)72-40-25-56-89-141-107(125)73-41-26-57-90-142-108(126)74-42-27-58-91-144-109(127)110-75-92-143-93(111)59-4-2/h3-92H2,1-2H3,(H,110,127). The van der Waals surface area contributed by atoms with Crippen LogP contribution in [0, 0.1) is 0 Å². The van der Waals surface area contributed by atoms with Gasteiger partial charge in [-0.3, -0.25) is 76.7 Å². The second-order valence-electron chi connectivity index (χ2n) is 36.7. The summed E-state index contributed by atoms with van der Waals surface area (Å²) >= 11 is 0. The molecule has 1 N–H and O–H groups in total. The SMILES string of the molecule is CCCCCCCCCCCCOC(=O)CCCCCOC(=O)CCCCCOC(=O)CCCCCOC(=O)CCCCCOC(=O)CCCCCOC(=O)CCCCCOC(=O)CCCCCOC(=O)CCCCCOC(=O)CCCCCOC(=O)CCCCCOC(=O)CCCCCOC(=O)CCCCCOC(=O)CCCCCOC(=O)CCCCCOC(=O)CCCCCOC(=O)NCCOC(=O)CCC. The van der Waals surface area contributed by atoms with E-state index in [-0.39, 0.29) is 278 Å². The highest BCUT2D eigenvalue weighted by molar-refractivity contribution is 5.75. The summed E-state index contributed by atoms with van der Waals surface area (Å²) in [6.07, 6.45) is 46.6. The minimum atomic E-state index is -0.588. The van der Waals surface area contributed by atoms with Gasteiger partial charge >= 0.3 is 102 Å². The van der Waals surface area contributed by atoms with Crippen LogP contribution in [-0.4, -0.2) is 220 Å². The van der Waals surface area contributed by atoms with Gasteiger partial charge in [-0.15, -0.1) is 0 Å². The quantitative estimate of drug-likeness (QED) is 0.0336. The molecular weight excluding hydrogens is 1870 g/mol. The molecule has 0 aliphatic rings. The Labute approximate surface area is 859 Å². The van der Waals surface area contributed by atoms with Crippen molar-refractivity contribution in [3.63, 3.8) is 0 Å². The van der Waals surface area contributed by atoms with Crippen LogP contribution in [0.15, 0.2) is 0 Å². The van der Waals surface area contributed by atoms with Gasteiger partial charge in [0.15, 0.2) is 0 Å². The maximum absolute atomic E-state index is 12.2. The molecule has 0 fully saturated rings. The molecule has 0 rings (SSSR count). The largest absolute Gasteiger partial charge is 0.466 e. The smallest absolute Gasteiger partial charge is 0.407 e. The summed E-state index contributed by atoms with van der Waals surface area (Å²) in [5.74, 6) is -4.49. The van der Waals surface area contributed by atoms with Crippen molar-refractivity contribution >= 4 is 102 Å². The van der Waals surface area contributed by atoms with Gasteiger partial charge in [0.05, 0.1) is 112 Å². The lowest BCUT2D eigenvalue weighted by molar-refractivity contribution is -0.146. The summed E-state index contributed by atoms with van der Waals surface area (Å²) in [5.41, 5.74) is 0. The van der Waals surface area contributed by atoms with Crippen LogP contribution < -0.4 is 5.32 Å². The van der Waals surface area contributed by atoms with Crippen LogP contribution in [-0.2, 0) is 157 Å². The van der Waals surface area contributed by atoms with Crippen LogP contribution in [0.2, 0.25) is 0 Å². The normalized spacial score (nSPS) is 10.9. The second kappa shape index (κ2) is 105. The summed E-state index contributed by atoms with van der Waals surface area (Å²) < 4.78 is 89.8. The number of unbranched alkanes of at least 4 members (excludes halogenated alkanes) is 39. The molecule has 0 radical (unpaired) electrons. The predicted molar refractivity (Wildman–Crippen MR) is 538 cm³/mol. The topological polar surface area (TPSA) is 459 Å². The number of nitrogens with one attached hydrogen (secondary N) is 1. The first-order valence-corrected chi connectivity index (χ1v) is 55.5. The van der Waals surface area contributed by atoms with Crippen molar-refractivity contribution in [3.8, 4) is 0 Å². The first-order valence-electron chi connectivity index (χ1n) is 55.5. The van der Waals surface area contributed by atoms with Crippen molar-refractivity contribution < 1.29 is 162 Å².